The van der Waals surface area contributed by atoms with E-state index < -0.39 is 6.09 Å². The van der Waals surface area contributed by atoms with Crippen LogP contribution >= 0.6 is 0 Å². The van der Waals surface area contributed by atoms with Crippen molar-refractivity contribution in [1.82, 2.24) is 9.97 Å². The number of aromatic nitrogens is 2. The normalized spacial score (nSPS) is 18.2. The summed E-state index contributed by atoms with van der Waals surface area (Å²) in [6.07, 6.45) is 0.936. The van der Waals surface area contributed by atoms with Crippen LogP contribution in [0.15, 0.2) is 6.20 Å². The molecule has 8 nitrogen and oxygen atoms in total. The van der Waals surface area contributed by atoms with Crippen LogP contribution < -0.4 is 15.0 Å². The molecule has 2 aliphatic heterocycles. The van der Waals surface area contributed by atoms with E-state index in [-0.39, 0.29) is 24.2 Å². The number of nitrogens with zero attached hydrogens (tertiary/aromatic N) is 3. The Bertz CT molecular complexity index is 504. The van der Waals surface area contributed by atoms with Gasteiger partial charge in [0.25, 0.3) is 11.8 Å². The molecular formula is C9H8N4O4. The number of cyclic esters (lactones) is 1. The quantitative estimate of drug-likeness (QED) is 0.723. The first kappa shape index (κ1) is 9.82. The maximum atomic E-state index is 11.3. The molecular weight excluding hydrogens is 228 g/mol. The number of anilines is 2. The van der Waals surface area contributed by atoms with Gasteiger partial charge in [0.1, 0.15) is 6.61 Å². The van der Waals surface area contributed by atoms with Gasteiger partial charge in [-0.05, 0) is 0 Å². The van der Waals surface area contributed by atoms with E-state index in [9.17, 15) is 9.59 Å². The number of amides is 2. The van der Waals surface area contributed by atoms with E-state index in [1.54, 1.807) is 0 Å². The molecule has 1 aromatic rings. The van der Waals surface area contributed by atoms with Gasteiger partial charge in [-0.1, -0.05) is 0 Å². The van der Waals surface area contributed by atoms with Crippen molar-refractivity contribution in [2.45, 2.75) is 0 Å². The van der Waals surface area contributed by atoms with Crippen molar-refractivity contribution in [2.75, 3.05) is 30.0 Å². The van der Waals surface area contributed by atoms with Crippen LogP contribution in [0.25, 0.3) is 0 Å². The highest BCUT2D eigenvalue weighted by Crippen LogP contribution is 2.26. The fourth-order valence-corrected chi connectivity index (χ4v) is 1.59. The van der Waals surface area contributed by atoms with E-state index in [2.05, 4.69) is 15.3 Å². The van der Waals surface area contributed by atoms with Gasteiger partial charge >= 0.3 is 6.09 Å². The molecule has 1 aromatic heterocycles. The Hall–Kier alpha value is -2.38. The maximum Gasteiger partial charge on any atom is 0.415 e. The molecule has 0 aliphatic carbocycles. The Morgan fingerprint density at radius 3 is 3.00 bits per heavy atom. The van der Waals surface area contributed by atoms with E-state index in [4.69, 9.17) is 9.47 Å². The Morgan fingerprint density at radius 1 is 1.35 bits per heavy atom. The fourth-order valence-electron chi connectivity index (χ4n) is 1.59. The Labute approximate surface area is 95.5 Å². The van der Waals surface area contributed by atoms with Crippen LogP contribution in [0.2, 0.25) is 0 Å². The summed E-state index contributed by atoms with van der Waals surface area (Å²) in [6.45, 7) is 0.661. The first-order chi connectivity index (χ1) is 8.24. The fraction of sp³-hybridized carbons (Fsp3) is 0.333. The molecule has 2 amide bonds. The first-order valence-corrected chi connectivity index (χ1v) is 4.98. The maximum absolute atomic E-state index is 11.3. The molecule has 0 bridgehead atoms. The summed E-state index contributed by atoms with van der Waals surface area (Å²) in [4.78, 5) is 31.9. The Kier molecular flexibility index (Phi) is 2.07. The minimum atomic E-state index is -0.470. The largest absolute Gasteiger partial charge is 0.465 e. The molecule has 0 spiro atoms. The zero-order chi connectivity index (χ0) is 11.8. The van der Waals surface area contributed by atoms with Crippen LogP contribution in [-0.2, 0) is 9.53 Å². The van der Waals surface area contributed by atoms with Crippen molar-refractivity contribution in [3.63, 3.8) is 0 Å². The van der Waals surface area contributed by atoms with Crippen molar-refractivity contribution >= 4 is 23.6 Å². The van der Waals surface area contributed by atoms with Gasteiger partial charge in [0, 0.05) is 0 Å². The lowest BCUT2D eigenvalue weighted by Crippen LogP contribution is -2.29. The number of hydrogen-bond donors (Lipinski definition) is 1. The van der Waals surface area contributed by atoms with E-state index in [1.807, 2.05) is 0 Å². The van der Waals surface area contributed by atoms with Crippen molar-refractivity contribution in [3.05, 3.63) is 6.20 Å². The van der Waals surface area contributed by atoms with Gasteiger partial charge < -0.3 is 14.8 Å². The molecule has 0 saturated carbocycles. The van der Waals surface area contributed by atoms with Gasteiger partial charge in [-0.2, -0.15) is 0 Å². The standard InChI is InChI=1S/C9H8N4O4/c14-6-4-17-8-7(12-6)11-5(3-10-8)13-1-2-16-9(13)15/h3H,1-2,4H2,(H,11,12,14). The lowest BCUT2D eigenvalue weighted by Gasteiger charge is -2.18. The summed E-state index contributed by atoms with van der Waals surface area (Å²) in [5, 5.41) is 2.52. The minimum absolute atomic E-state index is 0.0766. The van der Waals surface area contributed by atoms with Gasteiger partial charge in [0.15, 0.2) is 18.2 Å². The number of rotatable bonds is 1. The smallest absolute Gasteiger partial charge is 0.415 e. The summed E-state index contributed by atoms with van der Waals surface area (Å²) in [6, 6.07) is 0. The van der Waals surface area contributed by atoms with Gasteiger partial charge in [-0.15, -0.1) is 0 Å². The number of carbonyl (C=O) groups excluding carboxylic acids is 2. The molecule has 0 aromatic carbocycles. The highest BCUT2D eigenvalue weighted by atomic mass is 16.6. The summed E-state index contributed by atoms with van der Waals surface area (Å²) < 4.78 is 9.85. The summed E-state index contributed by atoms with van der Waals surface area (Å²) in [5.41, 5.74) is 0. The second kappa shape index (κ2) is 3.58. The van der Waals surface area contributed by atoms with Crippen LogP contribution in [0.4, 0.5) is 16.4 Å². The van der Waals surface area contributed by atoms with E-state index in [0.717, 1.165) is 0 Å². The second-order valence-electron chi connectivity index (χ2n) is 3.48. The summed E-state index contributed by atoms with van der Waals surface area (Å²) in [5.74, 6) is 0.504. The molecule has 2 aliphatic rings. The molecule has 17 heavy (non-hydrogen) atoms. The number of nitrogens with one attached hydrogen (secondary N) is 1. The second-order valence-corrected chi connectivity index (χ2v) is 3.48. The van der Waals surface area contributed by atoms with Gasteiger partial charge in [-0.3, -0.25) is 9.69 Å². The zero-order valence-corrected chi connectivity index (χ0v) is 8.67. The number of ether oxygens (including phenoxy) is 2. The van der Waals surface area contributed by atoms with Crippen molar-refractivity contribution in [1.29, 1.82) is 0 Å². The van der Waals surface area contributed by atoms with Gasteiger partial charge in [0.05, 0.1) is 12.7 Å². The van der Waals surface area contributed by atoms with Crippen LogP contribution in [0.5, 0.6) is 5.88 Å². The molecule has 3 heterocycles. The highest BCUT2D eigenvalue weighted by molar-refractivity contribution is 5.94. The first-order valence-electron chi connectivity index (χ1n) is 4.98. The number of hydrogen-bond acceptors (Lipinski definition) is 6. The van der Waals surface area contributed by atoms with Crippen LogP contribution in [0.3, 0.4) is 0 Å². The van der Waals surface area contributed by atoms with Gasteiger partial charge in [0.2, 0.25) is 0 Å². The van der Waals surface area contributed by atoms with Crippen molar-refractivity contribution in [2.24, 2.45) is 0 Å². The van der Waals surface area contributed by atoms with Crippen LogP contribution in [0.1, 0.15) is 0 Å². The molecule has 3 rings (SSSR count). The molecule has 1 fully saturated rings. The zero-order valence-electron chi connectivity index (χ0n) is 8.67. The third-order valence-corrected chi connectivity index (χ3v) is 2.36. The highest BCUT2D eigenvalue weighted by Gasteiger charge is 2.27. The van der Waals surface area contributed by atoms with E-state index in [1.165, 1.54) is 11.1 Å². The predicted octanol–water partition coefficient (Wildman–Crippen LogP) is -0.236. The Balaban J connectivity index is 1.94. The van der Waals surface area contributed by atoms with Crippen molar-refractivity contribution in [3.8, 4) is 5.88 Å². The molecule has 1 saturated heterocycles. The summed E-state index contributed by atoms with van der Waals surface area (Å²) in [7, 11) is 0. The molecule has 0 atom stereocenters. The minimum Gasteiger partial charge on any atom is -0.465 e. The average Bonchev–Trinajstić information content (AvgIpc) is 2.74. The number of carbonyl (C=O) groups is 2. The molecule has 0 radical (unpaired) electrons. The lowest BCUT2D eigenvalue weighted by molar-refractivity contribution is -0.118. The molecule has 88 valence electrons. The third-order valence-electron chi connectivity index (χ3n) is 2.36. The molecule has 1 N–H and O–H groups in total. The lowest BCUT2D eigenvalue weighted by atomic mass is 10.4. The van der Waals surface area contributed by atoms with Gasteiger partial charge in [-0.25, -0.2) is 14.8 Å². The van der Waals surface area contributed by atoms with E-state index in [0.29, 0.717) is 19.0 Å². The molecule has 0 unspecified atom stereocenters. The van der Waals surface area contributed by atoms with Crippen LogP contribution in [-0.4, -0.2) is 41.7 Å². The average molecular weight is 236 g/mol. The van der Waals surface area contributed by atoms with Crippen molar-refractivity contribution < 1.29 is 19.1 Å². The topological polar surface area (TPSA) is 93.6 Å². The third kappa shape index (κ3) is 1.63. The van der Waals surface area contributed by atoms with Crippen LogP contribution in [0, 0.1) is 0 Å². The monoisotopic (exact) mass is 236 g/mol. The molecule has 8 heteroatoms. The number of fused-ring (bicyclic) bond motifs is 1. The predicted molar refractivity (Wildman–Crippen MR) is 54.9 cm³/mol. The Morgan fingerprint density at radius 2 is 2.24 bits per heavy atom. The SMILES string of the molecule is O=C1COc2ncc(N3CCOC3=O)nc2N1. The van der Waals surface area contributed by atoms with E-state index >= 15 is 0 Å². The summed E-state index contributed by atoms with van der Waals surface area (Å²) >= 11 is 0.